The lowest BCUT2D eigenvalue weighted by atomic mass is 10.8. The molecule has 0 spiro atoms. The molecule has 6 heteroatoms. The van der Waals surface area contributed by atoms with Crippen LogP contribution >= 0.6 is 0 Å². The lowest BCUT2D eigenvalue weighted by molar-refractivity contribution is 0.162. The van der Waals surface area contributed by atoms with E-state index >= 15 is 0 Å². The molecule has 0 aromatic carbocycles. The third-order valence-corrected chi connectivity index (χ3v) is 1.63. The Morgan fingerprint density at radius 1 is 1.00 bits per heavy atom. The van der Waals surface area contributed by atoms with E-state index in [2.05, 4.69) is 8.37 Å². The molecule has 12 heavy (non-hydrogen) atoms. The predicted octanol–water partition coefficient (Wildman–Crippen LogP) is 0.567. The summed E-state index contributed by atoms with van der Waals surface area (Å²) < 4.78 is 32.4. The second-order valence-electron chi connectivity index (χ2n) is 1.52. The molecule has 76 valence electrons. The maximum absolute atomic E-state index is 9.92. The molecule has 0 bridgehead atoms. The Labute approximate surface area is 74.0 Å². The van der Waals surface area contributed by atoms with Gasteiger partial charge in [0.25, 0.3) is 0 Å². The molecule has 0 aromatic rings. The van der Waals surface area contributed by atoms with Gasteiger partial charge in [0.2, 0.25) is 0 Å². The lowest BCUT2D eigenvalue weighted by Crippen LogP contribution is -2.02. The fraction of sp³-hybridized carbons (Fsp3) is 1.00. The van der Waals surface area contributed by atoms with Crippen LogP contribution in [0.2, 0.25) is 0 Å². The molecule has 0 aliphatic heterocycles. The van der Waals surface area contributed by atoms with Crippen LogP contribution in [0.5, 0.6) is 0 Å². The summed E-state index contributed by atoms with van der Waals surface area (Å²) in [6, 6.07) is 0. The van der Waals surface area contributed by atoms with Gasteiger partial charge in [-0.05, 0) is 13.8 Å². The summed E-state index contributed by atoms with van der Waals surface area (Å²) in [7, 11) is -1.60. The first-order chi connectivity index (χ1) is 5.54. The van der Waals surface area contributed by atoms with Gasteiger partial charge in [-0.25, -0.2) is 0 Å². The molecule has 5 nitrogen and oxygen atoms in total. The third kappa shape index (κ3) is 12.5. The zero-order chi connectivity index (χ0) is 10.0. The second kappa shape index (κ2) is 8.92. The van der Waals surface area contributed by atoms with Crippen molar-refractivity contribution in [3.8, 4) is 0 Å². The quantitative estimate of drug-likeness (QED) is 0.663. The standard InChI is InChI=1S/C4H10O.C2H6O4S/c1-3-5-4-2;1-5-7(3,4)6-2/h3-4H2,1-2H3;1-2H3. The summed E-state index contributed by atoms with van der Waals surface area (Å²) in [6.07, 6.45) is 0. The average Bonchev–Trinajstić information content (AvgIpc) is 2.07. The minimum absolute atomic E-state index is 0.844. The van der Waals surface area contributed by atoms with Crippen molar-refractivity contribution in [2.75, 3.05) is 27.4 Å². The Balaban J connectivity index is 0. The molecule has 0 saturated carbocycles. The highest BCUT2D eigenvalue weighted by Crippen LogP contribution is 1.85. The first kappa shape index (κ1) is 14.4. The Morgan fingerprint density at radius 3 is 1.33 bits per heavy atom. The summed E-state index contributed by atoms with van der Waals surface area (Å²) in [5.74, 6) is 0. The predicted molar refractivity (Wildman–Crippen MR) is 45.1 cm³/mol. The molecule has 0 aliphatic rings. The van der Waals surface area contributed by atoms with Gasteiger partial charge in [-0.15, -0.1) is 0 Å². The minimum atomic E-state index is -3.66. The average molecular weight is 200 g/mol. The van der Waals surface area contributed by atoms with Gasteiger partial charge in [-0.2, -0.15) is 8.42 Å². The fourth-order valence-electron chi connectivity index (χ4n) is 0.272. The van der Waals surface area contributed by atoms with Crippen molar-refractivity contribution in [1.29, 1.82) is 0 Å². The largest absolute Gasteiger partial charge is 0.399 e. The molecule has 0 atom stereocenters. The summed E-state index contributed by atoms with van der Waals surface area (Å²) in [4.78, 5) is 0. The molecule has 0 aromatic heterocycles. The van der Waals surface area contributed by atoms with Crippen molar-refractivity contribution in [3.63, 3.8) is 0 Å². The van der Waals surface area contributed by atoms with Gasteiger partial charge in [0, 0.05) is 13.2 Å². The van der Waals surface area contributed by atoms with E-state index in [0.29, 0.717) is 0 Å². The Morgan fingerprint density at radius 2 is 1.33 bits per heavy atom. The van der Waals surface area contributed by atoms with Gasteiger partial charge in [0.1, 0.15) is 0 Å². The van der Waals surface area contributed by atoms with Gasteiger partial charge in [-0.1, -0.05) is 0 Å². The van der Waals surface area contributed by atoms with Gasteiger partial charge in [0.05, 0.1) is 14.2 Å². The van der Waals surface area contributed by atoms with E-state index < -0.39 is 10.4 Å². The van der Waals surface area contributed by atoms with E-state index in [-0.39, 0.29) is 0 Å². The molecule has 0 N–H and O–H groups in total. The maximum atomic E-state index is 9.92. The third-order valence-electron chi connectivity index (χ3n) is 0.816. The van der Waals surface area contributed by atoms with Crippen molar-refractivity contribution in [2.24, 2.45) is 0 Å². The zero-order valence-electron chi connectivity index (χ0n) is 7.86. The van der Waals surface area contributed by atoms with Crippen molar-refractivity contribution in [3.05, 3.63) is 0 Å². The van der Waals surface area contributed by atoms with Crippen LogP contribution in [0.25, 0.3) is 0 Å². The van der Waals surface area contributed by atoms with E-state index in [4.69, 9.17) is 4.74 Å². The maximum Gasteiger partial charge on any atom is 0.399 e. The van der Waals surface area contributed by atoms with Gasteiger partial charge < -0.3 is 4.74 Å². The van der Waals surface area contributed by atoms with E-state index in [1.807, 2.05) is 13.8 Å². The van der Waals surface area contributed by atoms with Gasteiger partial charge in [-0.3, -0.25) is 8.37 Å². The molecule has 0 saturated heterocycles. The SMILES string of the molecule is CCOCC.COS(=O)(=O)OC. The van der Waals surface area contributed by atoms with Crippen molar-refractivity contribution in [2.45, 2.75) is 13.8 Å². The van der Waals surface area contributed by atoms with Crippen molar-refractivity contribution < 1.29 is 21.5 Å². The molecular weight excluding hydrogens is 184 g/mol. The van der Waals surface area contributed by atoms with Crippen LogP contribution in [0.4, 0.5) is 0 Å². The van der Waals surface area contributed by atoms with Crippen molar-refractivity contribution in [1.82, 2.24) is 0 Å². The fourth-order valence-corrected chi connectivity index (χ4v) is 0.408. The first-order valence-electron chi connectivity index (χ1n) is 3.47. The topological polar surface area (TPSA) is 61.8 Å². The number of hydrogen-bond acceptors (Lipinski definition) is 5. The molecule has 0 aliphatic carbocycles. The van der Waals surface area contributed by atoms with Crippen LogP contribution in [0, 0.1) is 0 Å². The van der Waals surface area contributed by atoms with E-state index in [1.54, 1.807) is 0 Å². The van der Waals surface area contributed by atoms with Crippen LogP contribution in [-0.2, 0) is 23.5 Å². The Hall–Kier alpha value is -0.170. The van der Waals surface area contributed by atoms with Gasteiger partial charge >= 0.3 is 10.4 Å². The number of rotatable bonds is 4. The number of hydrogen-bond donors (Lipinski definition) is 0. The van der Waals surface area contributed by atoms with E-state index in [9.17, 15) is 8.42 Å². The zero-order valence-corrected chi connectivity index (χ0v) is 8.68. The highest BCUT2D eigenvalue weighted by Gasteiger charge is 2.01. The van der Waals surface area contributed by atoms with Crippen molar-refractivity contribution >= 4 is 10.4 Å². The summed E-state index contributed by atoms with van der Waals surface area (Å²) in [5.41, 5.74) is 0. The highest BCUT2D eigenvalue weighted by molar-refractivity contribution is 7.81. The summed E-state index contributed by atoms with van der Waals surface area (Å²) >= 11 is 0. The highest BCUT2D eigenvalue weighted by atomic mass is 32.3. The second-order valence-corrected chi connectivity index (χ2v) is 3.01. The minimum Gasteiger partial charge on any atom is -0.382 e. The molecule has 0 fully saturated rings. The molecule has 0 heterocycles. The van der Waals surface area contributed by atoms with Crippen LogP contribution in [0.3, 0.4) is 0 Å². The Bertz CT molecular complexity index is 151. The monoisotopic (exact) mass is 200 g/mol. The normalized spacial score (nSPS) is 10.3. The summed E-state index contributed by atoms with van der Waals surface area (Å²) in [5, 5.41) is 0. The molecule has 0 rings (SSSR count). The molecule has 0 radical (unpaired) electrons. The van der Waals surface area contributed by atoms with Gasteiger partial charge in [0.15, 0.2) is 0 Å². The van der Waals surface area contributed by atoms with E-state index in [0.717, 1.165) is 27.4 Å². The Kier molecular flexibility index (Phi) is 10.7. The summed E-state index contributed by atoms with van der Waals surface area (Å²) in [6.45, 7) is 5.67. The van der Waals surface area contributed by atoms with E-state index in [1.165, 1.54) is 0 Å². The molecule has 0 unspecified atom stereocenters. The van der Waals surface area contributed by atoms with Crippen LogP contribution in [0.15, 0.2) is 0 Å². The number of ether oxygens (including phenoxy) is 1. The van der Waals surface area contributed by atoms with Crippen LogP contribution in [0.1, 0.15) is 13.8 Å². The smallest absolute Gasteiger partial charge is 0.382 e. The first-order valence-corrected chi connectivity index (χ1v) is 4.81. The molecular formula is C6H16O5S. The lowest BCUT2D eigenvalue weighted by Gasteiger charge is -1.91. The van der Waals surface area contributed by atoms with Crippen LogP contribution in [-0.4, -0.2) is 35.9 Å². The van der Waals surface area contributed by atoms with Crippen LogP contribution < -0.4 is 0 Å². The molecule has 0 amide bonds.